The van der Waals surface area contributed by atoms with E-state index in [0.717, 1.165) is 12.8 Å². The molecule has 0 saturated heterocycles. The first-order valence-corrected chi connectivity index (χ1v) is 6.42. The largest absolute Gasteiger partial charge is 0.307 e. The molecule has 0 aliphatic carbocycles. The quantitative estimate of drug-likeness (QED) is 0.743. The summed E-state index contributed by atoms with van der Waals surface area (Å²) in [4.78, 5) is 0. The van der Waals surface area contributed by atoms with Gasteiger partial charge in [-0.3, -0.25) is 0 Å². The van der Waals surface area contributed by atoms with Gasteiger partial charge in [0.15, 0.2) is 9.84 Å². The lowest BCUT2D eigenvalue weighted by atomic mass is 10.2. The third-order valence-electron chi connectivity index (χ3n) is 2.15. The van der Waals surface area contributed by atoms with Crippen LogP contribution in [0.5, 0.6) is 0 Å². The molecule has 0 aromatic carbocycles. The van der Waals surface area contributed by atoms with E-state index in [1.54, 1.807) is 6.08 Å². The number of hydrogen-bond acceptors (Lipinski definition) is 3. The summed E-state index contributed by atoms with van der Waals surface area (Å²) in [5.74, 6) is 0.223. The lowest BCUT2D eigenvalue weighted by molar-refractivity contribution is 0.485. The van der Waals surface area contributed by atoms with Crippen LogP contribution in [0.25, 0.3) is 0 Å². The molecule has 0 aromatic heterocycles. The van der Waals surface area contributed by atoms with Crippen LogP contribution in [-0.4, -0.2) is 26.3 Å². The molecule has 3 nitrogen and oxygen atoms in total. The Balaban J connectivity index is 2.37. The maximum atomic E-state index is 11.1. The highest BCUT2D eigenvalue weighted by atomic mass is 32.2. The predicted octanol–water partition coefficient (Wildman–Crippen LogP) is 1.08. The molecular weight excluding hydrogens is 186 g/mol. The Morgan fingerprint density at radius 2 is 2.31 bits per heavy atom. The summed E-state index contributed by atoms with van der Waals surface area (Å²) in [6, 6.07) is 0.416. The van der Waals surface area contributed by atoms with E-state index in [2.05, 4.69) is 19.2 Å². The van der Waals surface area contributed by atoms with Gasteiger partial charge in [-0.05, 0) is 13.3 Å². The van der Waals surface area contributed by atoms with E-state index < -0.39 is 9.84 Å². The molecule has 2 atom stereocenters. The minimum absolute atomic E-state index is 0.0200. The number of hydrogen-bond donors (Lipinski definition) is 1. The fourth-order valence-electron chi connectivity index (χ4n) is 1.56. The molecule has 0 radical (unpaired) electrons. The maximum absolute atomic E-state index is 11.1. The van der Waals surface area contributed by atoms with Crippen LogP contribution in [0.1, 0.15) is 26.7 Å². The molecule has 2 unspecified atom stereocenters. The molecule has 13 heavy (non-hydrogen) atoms. The van der Waals surface area contributed by atoms with E-state index in [4.69, 9.17) is 0 Å². The molecule has 1 rings (SSSR count). The Morgan fingerprint density at radius 1 is 1.62 bits per heavy atom. The molecule has 4 heteroatoms. The van der Waals surface area contributed by atoms with E-state index in [0.29, 0.717) is 6.04 Å². The Hall–Kier alpha value is -0.350. The minimum Gasteiger partial charge on any atom is -0.307 e. The van der Waals surface area contributed by atoms with Gasteiger partial charge in [0.2, 0.25) is 0 Å². The summed E-state index contributed by atoms with van der Waals surface area (Å²) in [5.41, 5.74) is 0. The third-order valence-corrected chi connectivity index (χ3v) is 3.55. The normalized spacial score (nSPS) is 27.7. The molecule has 1 aliphatic rings. The summed E-state index contributed by atoms with van der Waals surface area (Å²) in [6.45, 7) is 4.21. The molecule has 1 heterocycles. The average molecular weight is 203 g/mol. The second-order valence-corrected chi connectivity index (χ2v) is 5.55. The minimum atomic E-state index is -2.90. The monoisotopic (exact) mass is 203 g/mol. The second-order valence-electron chi connectivity index (χ2n) is 3.62. The van der Waals surface area contributed by atoms with E-state index in [1.807, 2.05) is 0 Å². The molecule has 1 N–H and O–H groups in total. The van der Waals surface area contributed by atoms with Crippen LogP contribution in [-0.2, 0) is 9.84 Å². The zero-order chi connectivity index (χ0) is 9.90. The number of rotatable bonds is 4. The van der Waals surface area contributed by atoms with E-state index >= 15 is 0 Å². The summed E-state index contributed by atoms with van der Waals surface area (Å²) in [7, 11) is -2.90. The highest BCUT2D eigenvalue weighted by Crippen LogP contribution is 2.09. The average Bonchev–Trinajstić information content (AvgIpc) is 2.30. The van der Waals surface area contributed by atoms with Crippen molar-refractivity contribution < 1.29 is 8.42 Å². The number of sulfone groups is 1. The maximum Gasteiger partial charge on any atom is 0.173 e. The highest BCUT2D eigenvalue weighted by molar-refractivity contribution is 7.94. The van der Waals surface area contributed by atoms with Crippen LogP contribution in [0.4, 0.5) is 0 Å². The molecule has 0 spiro atoms. The first-order chi connectivity index (χ1) is 6.03. The number of nitrogens with one attached hydrogen (secondary N) is 1. The Kier molecular flexibility index (Phi) is 3.50. The fourth-order valence-corrected chi connectivity index (χ4v) is 2.81. The van der Waals surface area contributed by atoms with Gasteiger partial charge >= 0.3 is 0 Å². The fraction of sp³-hybridized carbons (Fsp3) is 0.778. The van der Waals surface area contributed by atoms with E-state index in [-0.39, 0.29) is 11.8 Å². The summed E-state index contributed by atoms with van der Waals surface area (Å²) in [6.07, 6.45) is 3.95. The van der Waals surface area contributed by atoms with Gasteiger partial charge in [-0.2, -0.15) is 0 Å². The first-order valence-electron chi connectivity index (χ1n) is 4.70. The summed E-state index contributed by atoms with van der Waals surface area (Å²) >= 11 is 0. The lowest BCUT2D eigenvalue weighted by Crippen LogP contribution is -2.36. The smallest absolute Gasteiger partial charge is 0.173 e. The van der Waals surface area contributed by atoms with Gasteiger partial charge < -0.3 is 5.32 Å². The van der Waals surface area contributed by atoms with Gasteiger partial charge in [0.05, 0.1) is 5.75 Å². The van der Waals surface area contributed by atoms with Gasteiger partial charge in [-0.1, -0.05) is 19.4 Å². The van der Waals surface area contributed by atoms with Crippen molar-refractivity contribution in [1.82, 2.24) is 5.32 Å². The van der Waals surface area contributed by atoms with Gasteiger partial charge in [-0.25, -0.2) is 8.42 Å². The van der Waals surface area contributed by atoms with Crippen LogP contribution in [0.15, 0.2) is 11.5 Å². The molecule has 76 valence electrons. The van der Waals surface area contributed by atoms with Crippen molar-refractivity contribution >= 4 is 9.84 Å². The van der Waals surface area contributed by atoms with Gasteiger partial charge in [0.25, 0.3) is 0 Å². The molecule has 0 saturated carbocycles. The summed E-state index contributed by atoms with van der Waals surface area (Å²) in [5, 5.41) is 4.58. The Morgan fingerprint density at radius 3 is 2.77 bits per heavy atom. The van der Waals surface area contributed by atoms with Crippen molar-refractivity contribution in [1.29, 1.82) is 0 Å². The van der Waals surface area contributed by atoms with Crippen molar-refractivity contribution in [3.63, 3.8) is 0 Å². The van der Waals surface area contributed by atoms with Crippen molar-refractivity contribution in [2.75, 3.05) is 5.75 Å². The van der Waals surface area contributed by atoms with E-state index in [1.165, 1.54) is 5.41 Å². The topological polar surface area (TPSA) is 46.2 Å². The van der Waals surface area contributed by atoms with Crippen LogP contribution < -0.4 is 5.32 Å². The molecule has 0 aromatic rings. The molecule has 0 amide bonds. The van der Waals surface area contributed by atoms with Crippen molar-refractivity contribution in [3.05, 3.63) is 11.5 Å². The SMILES string of the molecule is CCCC(C)NC1C=CS(=O)(=O)C1. The van der Waals surface area contributed by atoms with Gasteiger partial charge in [0, 0.05) is 17.5 Å². The standard InChI is InChI=1S/C9H17NO2S/c1-3-4-8(2)10-9-5-6-13(11,12)7-9/h5-6,8-10H,3-4,7H2,1-2H3. The van der Waals surface area contributed by atoms with Crippen molar-refractivity contribution in [2.45, 2.75) is 38.8 Å². The Bertz CT molecular complexity index is 282. The first kappa shape index (κ1) is 10.7. The zero-order valence-electron chi connectivity index (χ0n) is 8.16. The van der Waals surface area contributed by atoms with Gasteiger partial charge in [-0.15, -0.1) is 0 Å². The highest BCUT2D eigenvalue weighted by Gasteiger charge is 2.22. The Labute approximate surface area is 80.1 Å². The van der Waals surface area contributed by atoms with Crippen LogP contribution in [0, 0.1) is 0 Å². The molecule has 0 bridgehead atoms. The van der Waals surface area contributed by atoms with E-state index in [9.17, 15) is 8.42 Å². The lowest BCUT2D eigenvalue weighted by Gasteiger charge is -2.16. The predicted molar refractivity (Wildman–Crippen MR) is 54.2 cm³/mol. The molecular formula is C9H17NO2S. The van der Waals surface area contributed by atoms with Crippen LogP contribution >= 0.6 is 0 Å². The van der Waals surface area contributed by atoms with Crippen molar-refractivity contribution in [2.24, 2.45) is 0 Å². The second kappa shape index (κ2) is 4.24. The van der Waals surface area contributed by atoms with Crippen molar-refractivity contribution in [3.8, 4) is 0 Å². The van der Waals surface area contributed by atoms with Crippen LogP contribution in [0.3, 0.4) is 0 Å². The molecule has 1 aliphatic heterocycles. The summed E-state index contributed by atoms with van der Waals surface area (Å²) < 4.78 is 22.1. The van der Waals surface area contributed by atoms with Crippen LogP contribution in [0.2, 0.25) is 0 Å². The third kappa shape index (κ3) is 3.48. The molecule has 0 fully saturated rings. The van der Waals surface area contributed by atoms with Gasteiger partial charge in [0.1, 0.15) is 0 Å². The zero-order valence-corrected chi connectivity index (χ0v) is 8.97.